The summed E-state index contributed by atoms with van der Waals surface area (Å²) in [5.41, 5.74) is 8.13. The minimum atomic E-state index is -1.09. The van der Waals surface area contributed by atoms with E-state index >= 15 is 0 Å². The lowest BCUT2D eigenvalue weighted by molar-refractivity contribution is -0.149. The molecule has 68 heavy (non-hydrogen) atoms. The standard InChI is InChI=1S/C49H52N12O7/c1-49(2,57(3)23-10-22-52-38(62)27-53-36-15-8-14-35-40(36)48(67)60(46(35)65)37-20-21-39(63)58(4)47(37)66)25-31(26-50)45(64)59-24-9-11-32(28-59)61-44-41(43(51)54-29-55-44)42(56-61)30-16-18-34(19-17-30)68-33-12-6-5-7-13-33/h5-8,12-19,25,29,32,37,53H,9-11,20-24,27-28H2,1-4H3,(H,52,62)(H2,51,54,55)/b31-25+/t32-,37?/m1/s1. The SMILES string of the molecule is CN1C(=O)CCC(N2C(=O)c3cccc(NCC(=O)NCCCN(C)C(C)(C)/C=C(\C#N)C(=O)N4CCC[C@@H](n5nc(-c6ccc(Oc7ccccc7)cc6)c6c(N)ncnc65)C4)c3C2=O)C1=O. The van der Waals surface area contributed by atoms with Crippen molar-refractivity contribution in [1.82, 2.24) is 44.7 Å². The Kier molecular flexibility index (Phi) is 13.3. The summed E-state index contributed by atoms with van der Waals surface area (Å²) in [7, 11) is 3.21. The first-order chi connectivity index (χ1) is 32.7. The van der Waals surface area contributed by atoms with Crippen molar-refractivity contribution in [1.29, 1.82) is 5.26 Å². The number of nitrogen functional groups attached to an aromatic ring is 1. The van der Waals surface area contributed by atoms with Gasteiger partial charge in [-0.2, -0.15) is 10.4 Å². The summed E-state index contributed by atoms with van der Waals surface area (Å²) < 4.78 is 7.80. The smallest absolute Gasteiger partial charge is 0.264 e. The lowest BCUT2D eigenvalue weighted by Gasteiger charge is -2.35. The van der Waals surface area contributed by atoms with Crippen molar-refractivity contribution in [3.05, 3.63) is 102 Å². The number of hydrogen-bond acceptors (Lipinski definition) is 14. The molecule has 4 N–H and O–H groups in total. The number of carbonyl (C=O) groups excluding carboxylic acids is 6. The van der Waals surface area contributed by atoms with Gasteiger partial charge in [-0.05, 0) is 101 Å². The highest BCUT2D eigenvalue weighted by Crippen LogP contribution is 2.36. The molecule has 0 aliphatic carbocycles. The zero-order valence-corrected chi connectivity index (χ0v) is 38.3. The molecule has 19 heteroatoms. The molecule has 8 rings (SSSR count). The number of hydrogen-bond donors (Lipinski definition) is 3. The summed E-state index contributed by atoms with van der Waals surface area (Å²) in [5, 5.41) is 21.7. The van der Waals surface area contributed by atoms with E-state index in [1.165, 1.54) is 19.4 Å². The number of nitrogens with two attached hydrogens (primary N) is 1. The van der Waals surface area contributed by atoms with E-state index in [1.54, 1.807) is 23.1 Å². The monoisotopic (exact) mass is 920 g/mol. The first-order valence-corrected chi connectivity index (χ1v) is 22.4. The average Bonchev–Trinajstić information content (AvgIpc) is 3.86. The number of carbonyl (C=O) groups is 6. The zero-order chi connectivity index (χ0) is 48.3. The second-order valence-electron chi connectivity index (χ2n) is 17.6. The molecule has 5 aromatic rings. The molecular weight excluding hydrogens is 869 g/mol. The number of nitrogens with zero attached hydrogens (tertiary/aromatic N) is 9. The third-order valence-electron chi connectivity index (χ3n) is 12.8. The first-order valence-electron chi connectivity index (χ1n) is 22.4. The minimum absolute atomic E-state index is 0.0146. The van der Waals surface area contributed by atoms with Crippen LogP contribution in [0.3, 0.4) is 0 Å². The number of para-hydroxylation sites is 1. The number of amides is 6. The van der Waals surface area contributed by atoms with E-state index in [-0.39, 0.29) is 71.4 Å². The van der Waals surface area contributed by atoms with Crippen molar-refractivity contribution in [2.75, 3.05) is 57.9 Å². The molecule has 0 spiro atoms. The number of ether oxygens (including phenoxy) is 1. The molecule has 2 fully saturated rings. The quantitative estimate of drug-likeness (QED) is 0.0565. The van der Waals surface area contributed by atoms with Gasteiger partial charge in [0.2, 0.25) is 11.8 Å². The second-order valence-corrected chi connectivity index (χ2v) is 17.6. The summed E-state index contributed by atoms with van der Waals surface area (Å²) in [6.07, 6.45) is 5.09. The molecule has 5 heterocycles. The van der Waals surface area contributed by atoms with Gasteiger partial charge in [0.25, 0.3) is 23.6 Å². The van der Waals surface area contributed by atoms with Gasteiger partial charge in [0, 0.05) is 56.4 Å². The highest BCUT2D eigenvalue weighted by molar-refractivity contribution is 6.25. The molecule has 0 bridgehead atoms. The number of nitriles is 1. The third-order valence-corrected chi connectivity index (χ3v) is 12.8. The summed E-state index contributed by atoms with van der Waals surface area (Å²) in [5.74, 6) is -1.35. The number of aromatic nitrogens is 4. The largest absolute Gasteiger partial charge is 0.457 e. The van der Waals surface area contributed by atoms with Gasteiger partial charge in [-0.3, -0.25) is 43.5 Å². The summed E-state index contributed by atoms with van der Waals surface area (Å²) >= 11 is 0. The predicted molar refractivity (Wildman–Crippen MR) is 251 cm³/mol. The third kappa shape index (κ3) is 9.35. The number of benzene rings is 3. The van der Waals surface area contributed by atoms with E-state index < -0.39 is 29.3 Å². The minimum Gasteiger partial charge on any atom is -0.457 e. The normalized spacial score (nSPS) is 17.7. The number of anilines is 2. The van der Waals surface area contributed by atoms with E-state index in [2.05, 4.69) is 26.7 Å². The molecule has 6 amide bonds. The molecule has 3 aliphatic heterocycles. The molecule has 1 unspecified atom stereocenters. The second kappa shape index (κ2) is 19.5. The molecular formula is C49H52N12O7. The van der Waals surface area contributed by atoms with Crippen LogP contribution in [0.4, 0.5) is 11.5 Å². The number of nitrogens with one attached hydrogen (secondary N) is 2. The molecule has 2 saturated heterocycles. The van der Waals surface area contributed by atoms with Gasteiger partial charge in [0.15, 0.2) is 5.65 Å². The zero-order valence-electron chi connectivity index (χ0n) is 38.3. The summed E-state index contributed by atoms with van der Waals surface area (Å²) in [4.78, 5) is 93.0. The van der Waals surface area contributed by atoms with Crippen molar-refractivity contribution >= 4 is 58.0 Å². The Labute approximate surface area is 392 Å². The molecule has 2 aromatic heterocycles. The van der Waals surface area contributed by atoms with E-state index in [0.29, 0.717) is 61.5 Å². The Balaban J connectivity index is 0.850. The van der Waals surface area contributed by atoms with Crippen LogP contribution in [0.15, 0.2) is 90.8 Å². The van der Waals surface area contributed by atoms with Gasteiger partial charge >= 0.3 is 0 Å². The van der Waals surface area contributed by atoms with Crippen LogP contribution in [0.2, 0.25) is 0 Å². The van der Waals surface area contributed by atoms with Crippen LogP contribution in [0.25, 0.3) is 22.3 Å². The molecule has 0 radical (unpaired) electrons. The summed E-state index contributed by atoms with van der Waals surface area (Å²) in [6, 6.07) is 22.5. The maximum Gasteiger partial charge on any atom is 0.264 e. The first kappa shape index (κ1) is 46.5. The Bertz CT molecular complexity index is 2870. The fourth-order valence-corrected chi connectivity index (χ4v) is 8.81. The highest BCUT2D eigenvalue weighted by atomic mass is 16.5. The molecule has 0 saturated carbocycles. The Morgan fingerprint density at radius 3 is 2.49 bits per heavy atom. The van der Waals surface area contributed by atoms with Gasteiger partial charge < -0.3 is 26.0 Å². The molecule has 3 aliphatic rings. The van der Waals surface area contributed by atoms with Crippen molar-refractivity contribution in [3.8, 4) is 28.8 Å². The fraction of sp³-hybridized carbons (Fsp3) is 0.347. The topological polar surface area (TPSA) is 242 Å². The van der Waals surface area contributed by atoms with Crippen molar-refractivity contribution in [2.45, 2.75) is 63.6 Å². The number of imide groups is 2. The van der Waals surface area contributed by atoms with Gasteiger partial charge in [0.1, 0.15) is 47.0 Å². The maximum absolute atomic E-state index is 14.0. The van der Waals surface area contributed by atoms with Crippen molar-refractivity contribution in [3.63, 3.8) is 0 Å². The lowest BCUT2D eigenvalue weighted by atomic mass is 9.97. The highest BCUT2D eigenvalue weighted by Gasteiger charge is 2.47. The Morgan fingerprint density at radius 1 is 0.985 bits per heavy atom. The maximum atomic E-state index is 14.0. The number of likely N-dealkylation sites (tertiary alicyclic amines) is 2. The predicted octanol–water partition coefficient (Wildman–Crippen LogP) is 4.55. The van der Waals surface area contributed by atoms with Crippen LogP contribution in [-0.4, -0.2) is 133 Å². The van der Waals surface area contributed by atoms with E-state index in [9.17, 15) is 34.0 Å². The van der Waals surface area contributed by atoms with Gasteiger partial charge in [-0.25, -0.2) is 14.6 Å². The lowest BCUT2D eigenvalue weighted by Crippen LogP contribution is -2.54. The van der Waals surface area contributed by atoms with Crippen LogP contribution in [0, 0.1) is 11.3 Å². The molecule has 350 valence electrons. The van der Waals surface area contributed by atoms with E-state index in [4.69, 9.17) is 15.6 Å². The Hall–Kier alpha value is -7.98. The number of piperidine rings is 2. The van der Waals surface area contributed by atoms with Crippen LogP contribution in [0.5, 0.6) is 11.5 Å². The van der Waals surface area contributed by atoms with Crippen LogP contribution >= 0.6 is 0 Å². The molecule has 19 nitrogen and oxygen atoms in total. The van der Waals surface area contributed by atoms with Crippen molar-refractivity contribution in [2.24, 2.45) is 0 Å². The molecule has 3 aromatic carbocycles. The molecule has 2 atom stereocenters. The van der Waals surface area contributed by atoms with Gasteiger partial charge in [-0.1, -0.05) is 24.3 Å². The van der Waals surface area contributed by atoms with Gasteiger partial charge in [0.05, 0.1) is 29.1 Å². The number of rotatable bonds is 15. The van der Waals surface area contributed by atoms with E-state index in [1.807, 2.05) is 85.1 Å². The Morgan fingerprint density at radius 2 is 1.74 bits per heavy atom. The fourth-order valence-electron chi connectivity index (χ4n) is 8.81. The average molecular weight is 921 g/mol. The number of likely N-dealkylation sites (N-methyl/N-ethyl adjacent to an activating group) is 2. The number of fused-ring (bicyclic) bond motifs is 2. The summed E-state index contributed by atoms with van der Waals surface area (Å²) in [6.45, 7) is 5.22. The van der Waals surface area contributed by atoms with Crippen LogP contribution < -0.4 is 21.1 Å². The van der Waals surface area contributed by atoms with E-state index in [0.717, 1.165) is 27.5 Å². The van der Waals surface area contributed by atoms with Crippen LogP contribution in [-0.2, 0) is 19.2 Å². The van der Waals surface area contributed by atoms with Crippen LogP contribution in [0.1, 0.15) is 72.7 Å². The van der Waals surface area contributed by atoms with Gasteiger partial charge in [-0.15, -0.1) is 0 Å². The van der Waals surface area contributed by atoms with Crippen molar-refractivity contribution < 1.29 is 33.5 Å².